The molecular formula is C25H42BrClN6. The van der Waals surface area contributed by atoms with Crippen LogP contribution >= 0.6 is 28.3 Å². The van der Waals surface area contributed by atoms with Crippen LogP contribution in [0.4, 0.5) is 17.5 Å². The van der Waals surface area contributed by atoms with Crippen molar-refractivity contribution in [3.63, 3.8) is 0 Å². The third kappa shape index (κ3) is 10.6. The van der Waals surface area contributed by atoms with Crippen LogP contribution in [0.1, 0.15) is 46.2 Å². The molecule has 186 valence electrons. The van der Waals surface area contributed by atoms with E-state index in [1.54, 1.807) is 0 Å². The van der Waals surface area contributed by atoms with Crippen molar-refractivity contribution in [1.82, 2.24) is 19.8 Å². The molecule has 1 aromatic heterocycles. The summed E-state index contributed by atoms with van der Waals surface area (Å²) in [6.45, 7) is 19.6. The molecule has 0 unspecified atom stereocenters. The number of hydrogen-bond acceptors (Lipinski definition) is 6. The molecule has 1 heterocycles. The van der Waals surface area contributed by atoms with Gasteiger partial charge < -0.3 is 20.0 Å². The highest BCUT2D eigenvalue weighted by Crippen LogP contribution is 2.21. The first kappa shape index (κ1) is 29.6. The second kappa shape index (κ2) is 16.3. The van der Waals surface area contributed by atoms with Crippen LogP contribution in [-0.4, -0.2) is 72.1 Å². The monoisotopic (exact) mass is 540 g/mol. The lowest BCUT2D eigenvalue weighted by Crippen LogP contribution is -2.33. The molecule has 0 saturated heterocycles. The molecule has 33 heavy (non-hydrogen) atoms. The SMILES string of the molecule is CCN(CC)CCCN(CCCN(CC)CC)c1cc(C)nc(Nc2ccc(Br)cc2)n1.Cl. The van der Waals surface area contributed by atoms with Crippen LogP contribution < -0.4 is 10.2 Å². The van der Waals surface area contributed by atoms with E-state index in [4.69, 9.17) is 4.98 Å². The van der Waals surface area contributed by atoms with E-state index in [1.165, 1.54) is 0 Å². The molecule has 0 radical (unpaired) electrons. The summed E-state index contributed by atoms with van der Waals surface area (Å²) in [5, 5.41) is 3.37. The summed E-state index contributed by atoms with van der Waals surface area (Å²) in [6.07, 6.45) is 2.26. The van der Waals surface area contributed by atoms with Gasteiger partial charge in [-0.3, -0.25) is 0 Å². The zero-order valence-corrected chi connectivity index (χ0v) is 23.4. The van der Waals surface area contributed by atoms with Crippen molar-refractivity contribution in [3.8, 4) is 0 Å². The van der Waals surface area contributed by atoms with Crippen LogP contribution in [-0.2, 0) is 0 Å². The predicted octanol–water partition coefficient (Wildman–Crippen LogP) is 5.98. The Bertz CT molecular complexity index is 763. The molecule has 2 aromatic rings. The molecule has 6 nitrogen and oxygen atoms in total. The van der Waals surface area contributed by atoms with E-state index in [2.05, 4.69) is 74.7 Å². The van der Waals surface area contributed by atoms with Crippen molar-refractivity contribution in [2.45, 2.75) is 47.5 Å². The van der Waals surface area contributed by atoms with Gasteiger partial charge in [0.1, 0.15) is 5.82 Å². The number of nitrogens with zero attached hydrogens (tertiary/aromatic N) is 5. The lowest BCUT2D eigenvalue weighted by molar-refractivity contribution is 0.294. The van der Waals surface area contributed by atoms with E-state index in [0.29, 0.717) is 5.95 Å². The van der Waals surface area contributed by atoms with Crippen molar-refractivity contribution in [3.05, 3.63) is 40.5 Å². The summed E-state index contributed by atoms with van der Waals surface area (Å²) in [6, 6.07) is 10.2. The minimum Gasteiger partial charge on any atom is -0.356 e. The second-order valence-electron chi connectivity index (χ2n) is 8.07. The van der Waals surface area contributed by atoms with Gasteiger partial charge >= 0.3 is 0 Å². The number of nitrogens with one attached hydrogen (secondary N) is 1. The molecule has 0 aliphatic rings. The maximum absolute atomic E-state index is 4.89. The molecule has 0 spiro atoms. The molecule has 8 heteroatoms. The van der Waals surface area contributed by atoms with Crippen molar-refractivity contribution in [1.29, 1.82) is 0 Å². The highest BCUT2D eigenvalue weighted by atomic mass is 79.9. The Labute approximate surface area is 215 Å². The van der Waals surface area contributed by atoms with Crippen LogP contribution in [0, 0.1) is 6.92 Å². The Morgan fingerprint density at radius 1 is 0.788 bits per heavy atom. The van der Waals surface area contributed by atoms with Gasteiger partial charge in [-0.15, -0.1) is 12.4 Å². The summed E-state index contributed by atoms with van der Waals surface area (Å²) in [5.41, 5.74) is 1.96. The summed E-state index contributed by atoms with van der Waals surface area (Å²) in [7, 11) is 0. The normalized spacial score (nSPS) is 11.0. The smallest absolute Gasteiger partial charge is 0.229 e. The third-order valence-electron chi connectivity index (χ3n) is 5.86. The molecule has 0 aliphatic heterocycles. The molecule has 0 bridgehead atoms. The van der Waals surface area contributed by atoms with Gasteiger partial charge in [-0.05, 0) is 83.3 Å². The molecule has 0 aliphatic carbocycles. The summed E-state index contributed by atoms with van der Waals surface area (Å²) in [4.78, 5) is 16.9. The van der Waals surface area contributed by atoms with Gasteiger partial charge in [0.25, 0.3) is 0 Å². The van der Waals surface area contributed by atoms with Crippen molar-refractivity contribution < 1.29 is 0 Å². The Hall–Kier alpha value is -1.41. The molecule has 0 atom stereocenters. The van der Waals surface area contributed by atoms with Crippen LogP contribution in [0.15, 0.2) is 34.8 Å². The van der Waals surface area contributed by atoms with Gasteiger partial charge in [-0.2, -0.15) is 4.98 Å². The van der Waals surface area contributed by atoms with Gasteiger partial charge in [0, 0.05) is 35.0 Å². The van der Waals surface area contributed by atoms with Crippen LogP contribution in [0.2, 0.25) is 0 Å². The lowest BCUT2D eigenvalue weighted by atomic mass is 10.2. The van der Waals surface area contributed by atoms with E-state index in [-0.39, 0.29) is 12.4 Å². The number of aromatic nitrogens is 2. The van der Waals surface area contributed by atoms with Gasteiger partial charge in [-0.25, -0.2) is 4.98 Å². The minimum absolute atomic E-state index is 0. The third-order valence-corrected chi connectivity index (χ3v) is 6.39. The second-order valence-corrected chi connectivity index (χ2v) is 8.99. The molecular weight excluding hydrogens is 500 g/mol. The van der Waals surface area contributed by atoms with Crippen LogP contribution in [0.25, 0.3) is 0 Å². The highest BCUT2D eigenvalue weighted by Gasteiger charge is 2.13. The zero-order chi connectivity index (χ0) is 23.3. The molecule has 0 fully saturated rings. The Kier molecular flexibility index (Phi) is 14.6. The Balaban J connectivity index is 0.00000544. The topological polar surface area (TPSA) is 47.5 Å². The van der Waals surface area contributed by atoms with Gasteiger partial charge in [0.2, 0.25) is 5.95 Å². The predicted molar refractivity (Wildman–Crippen MR) is 148 cm³/mol. The maximum Gasteiger partial charge on any atom is 0.229 e. The Morgan fingerprint density at radius 2 is 1.30 bits per heavy atom. The fourth-order valence-corrected chi connectivity index (χ4v) is 4.09. The number of halogens is 2. The van der Waals surface area contributed by atoms with E-state index in [1.807, 2.05) is 31.2 Å². The lowest BCUT2D eigenvalue weighted by Gasteiger charge is -2.27. The maximum atomic E-state index is 4.89. The average molecular weight is 542 g/mol. The number of rotatable bonds is 15. The van der Waals surface area contributed by atoms with Gasteiger partial charge in [0.05, 0.1) is 0 Å². The van der Waals surface area contributed by atoms with Crippen molar-refractivity contribution in [2.24, 2.45) is 0 Å². The summed E-state index contributed by atoms with van der Waals surface area (Å²) in [5.74, 6) is 1.66. The number of anilines is 3. The fraction of sp³-hybridized carbons (Fsp3) is 0.600. The standard InChI is InChI=1S/C25H41BrN6.ClH/c1-6-30(7-2)16-10-18-32(19-11-17-31(8-3)9-4)24-20-21(5)27-25(29-24)28-23-14-12-22(26)13-15-23;/h12-15,20H,6-11,16-19H2,1-5H3,(H,27,28,29);1H. The average Bonchev–Trinajstić information content (AvgIpc) is 2.79. The van der Waals surface area contributed by atoms with E-state index < -0.39 is 0 Å². The molecule has 0 saturated carbocycles. The van der Waals surface area contributed by atoms with Crippen molar-refractivity contribution in [2.75, 3.05) is 62.6 Å². The zero-order valence-electron chi connectivity index (χ0n) is 21.0. The molecule has 1 N–H and O–H groups in total. The van der Waals surface area contributed by atoms with Crippen molar-refractivity contribution >= 4 is 45.8 Å². The van der Waals surface area contributed by atoms with Gasteiger partial charge in [-0.1, -0.05) is 43.6 Å². The quantitative estimate of drug-likeness (QED) is 0.299. The number of hydrogen-bond donors (Lipinski definition) is 1. The molecule has 0 amide bonds. The van der Waals surface area contributed by atoms with E-state index >= 15 is 0 Å². The van der Waals surface area contributed by atoms with Crippen LogP contribution in [0.5, 0.6) is 0 Å². The first-order valence-corrected chi connectivity index (χ1v) is 12.9. The first-order valence-electron chi connectivity index (χ1n) is 12.1. The fourth-order valence-electron chi connectivity index (χ4n) is 3.82. The van der Waals surface area contributed by atoms with Gasteiger partial charge in [0.15, 0.2) is 0 Å². The molecule has 1 aromatic carbocycles. The summed E-state index contributed by atoms with van der Waals surface area (Å²) < 4.78 is 1.06. The van der Waals surface area contributed by atoms with Crippen LogP contribution in [0.3, 0.4) is 0 Å². The number of aryl methyl sites for hydroxylation is 1. The van der Waals surface area contributed by atoms with E-state index in [9.17, 15) is 0 Å². The largest absolute Gasteiger partial charge is 0.356 e. The van der Waals surface area contributed by atoms with E-state index in [0.717, 1.165) is 86.9 Å². The summed E-state index contributed by atoms with van der Waals surface area (Å²) >= 11 is 3.49. The minimum atomic E-state index is 0. The molecule has 2 rings (SSSR count). The number of benzene rings is 1. The first-order chi connectivity index (χ1) is 15.5. The highest BCUT2D eigenvalue weighted by molar-refractivity contribution is 9.10. The Morgan fingerprint density at radius 3 is 1.79 bits per heavy atom.